The Morgan fingerprint density at radius 2 is 0.482 bits per heavy atom. The molecule has 0 amide bonds. The van der Waals surface area contributed by atoms with Crippen molar-refractivity contribution in [3.8, 4) is 34.5 Å². The van der Waals surface area contributed by atoms with Crippen LogP contribution in [0.2, 0.25) is 0 Å². The minimum absolute atomic E-state index is 0.653. The molecule has 56 heavy (non-hydrogen) atoms. The zero-order valence-corrected chi connectivity index (χ0v) is 37.3. The summed E-state index contributed by atoms with van der Waals surface area (Å²) < 4.78 is 39.4. The summed E-state index contributed by atoms with van der Waals surface area (Å²) in [5, 5.41) is 7.67. The fourth-order valence-electron chi connectivity index (χ4n) is 7.10. The van der Waals surface area contributed by atoms with Crippen molar-refractivity contribution >= 4 is 48.2 Å². The molecule has 0 aliphatic rings. The summed E-state index contributed by atoms with van der Waals surface area (Å²) in [6.45, 7) is 15.1. The van der Waals surface area contributed by atoms with Gasteiger partial charge in [0.1, 0.15) is 0 Å². The highest BCUT2D eigenvalue weighted by atomic mass is 79.9. The van der Waals surface area contributed by atoms with Gasteiger partial charge in [0.25, 0.3) is 0 Å². The van der Waals surface area contributed by atoms with Crippen LogP contribution in [0.4, 0.5) is 0 Å². The van der Waals surface area contributed by atoms with Crippen molar-refractivity contribution in [3.05, 3.63) is 36.4 Å². The molecule has 312 valence electrons. The second kappa shape index (κ2) is 26.8. The number of fused-ring (bicyclic) bond motifs is 6. The van der Waals surface area contributed by atoms with E-state index in [9.17, 15) is 0 Å². The Morgan fingerprint density at radius 3 is 0.679 bits per heavy atom. The highest BCUT2D eigenvalue weighted by molar-refractivity contribution is 9.09. The third-order valence-electron chi connectivity index (χ3n) is 10.4. The first-order valence-corrected chi connectivity index (χ1v) is 23.6. The van der Waals surface area contributed by atoms with E-state index in [2.05, 4.69) is 86.9 Å². The molecule has 4 aromatic carbocycles. The number of ether oxygens (including phenoxy) is 6. The molecule has 6 nitrogen and oxygen atoms in total. The van der Waals surface area contributed by atoms with Crippen LogP contribution in [0.15, 0.2) is 36.4 Å². The highest BCUT2D eigenvalue weighted by Crippen LogP contribution is 2.47. The summed E-state index contributed by atoms with van der Waals surface area (Å²) in [5.74, 6) is 4.79. The smallest absolute Gasteiger partial charge is 0.161 e. The average molecular weight is 838 g/mol. The normalized spacial score (nSPS) is 11.5. The molecule has 0 N–H and O–H groups in total. The maximum absolute atomic E-state index is 6.61. The van der Waals surface area contributed by atoms with Gasteiger partial charge in [0.15, 0.2) is 34.5 Å². The molecular formula is C49H73BrO6. The molecule has 0 unspecified atom stereocenters. The molecule has 0 radical (unpaired) electrons. The maximum Gasteiger partial charge on any atom is 0.161 e. The van der Waals surface area contributed by atoms with Crippen LogP contribution in [-0.4, -0.2) is 45.0 Å². The van der Waals surface area contributed by atoms with Crippen molar-refractivity contribution in [2.24, 2.45) is 0 Å². The summed E-state index contributed by atoms with van der Waals surface area (Å²) in [6, 6.07) is 13.3. The predicted octanol–water partition coefficient (Wildman–Crippen LogP) is 15.3. The van der Waals surface area contributed by atoms with E-state index in [1.807, 2.05) is 0 Å². The lowest BCUT2D eigenvalue weighted by molar-refractivity contribution is 0.259. The molecule has 0 spiro atoms. The van der Waals surface area contributed by atoms with Crippen molar-refractivity contribution in [3.63, 3.8) is 0 Å². The standard InChI is InChI=1S/C49H73BrO6/c1-6-11-19-26-51-44-32-38-39-33-45(52-27-20-12-7-2)47(54-29-22-14-9-4)35-41(39)43-37-49(56-31-24-17-16-18-25-50)48(55-30-23-15-10-5)36-42(43)40(38)34-46(44)53-28-21-13-8-3/h32-37H,6-31H2,1-5H3. The predicted molar refractivity (Wildman–Crippen MR) is 242 cm³/mol. The quantitative estimate of drug-likeness (QED) is 0.0277. The largest absolute Gasteiger partial charge is 0.490 e. The first-order chi connectivity index (χ1) is 27.6. The minimum Gasteiger partial charge on any atom is -0.490 e. The van der Waals surface area contributed by atoms with Crippen LogP contribution in [-0.2, 0) is 0 Å². The van der Waals surface area contributed by atoms with Crippen LogP contribution in [0.5, 0.6) is 34.5 Å². The molecular weight excluding hydrogens is 764 g/mol. The molecule has 0 aliphatic carbocycles. The van der Waals surface area contributed by atoms with E-state index >= 15 is 0 Å². The molecule has 0 aliphatic heterocycles. The first kappa shape index (κ1) is 45.6. The van der Waals surface area contributed by atoms with Crippen LogP contribution in [0.1, 0.15) is 157 Å². The van der Waals surface area contributed by atoms with Gasteiger partial charge in [-0.2, -0.15) is 0 Å². The molecule has 0 bridgehead atoms. The second-order valence-electron chi connectivity index (χ2n) is 15.3. The van der Waals surface area contributed by atoms with Crippen LogP contribution in [0, 0.1) is 0 Å². The summed E-state index contributed by atoms with van der Waals surface area (Å²) >= 11 is 3.57. The Balaban J connectivity index is 1.97. The van der Waals surface area contributed by atoms with Gasteiger partial charge < -0.3 is 28.4 Å². The molecule has 0 atom stereocenters. The van der Waals surface area contributed by atoms with Crippen molar-refractivity contribution in [2.45, 2.75) is 157 Å². The molecule has 0 saturated heterocycles. The van der Waals surface area contributed by atoms with Crippen molar-refractivity contribution in [1.82, 2.24) is 0 Å². The fraction of sp³-hybridized carbons (Fsp3) is 0.633. The van der Waals surface area contributed by atoms with Gasteiger partial charge in [0.05, 0.1) is 39.6 Å². The van der Waals surface area contributed by atoms with Crippen LogP contribution in [0.25, 0.3) is 32.3 Å². The van der Waals surface area contributed by atoms with E-state index in [1.54, 1.807) is 0 Å². The van der Waals surface area contributed by atoms with Crippen molar-refractivity contribution < 1.29 is 28.4 Å². The van der Waals surface area contributed by atoms with Crippen LogP contribution in [0.3, 0.4) is 0 Å². The molecule has 4 aromatic rings. The molecule has 4 rings (SSSR count). The van der Waals surface area contributed by atoms with E-state index in [1.165, 1.54) is 12.8 Å². The summed E-state index contributed by atoms with van der Waals surface area (Å²) in [7, 11) is 0. The maximum atomic E-state index is 6.61. The first-order valence-electron chi connectivity index (χ1n) is 22.5. The zero-order chi connectivity index (χ0) is 39.8. The molecule has 0 heterocycles. The van der Waals surface area contributed by atoms with E-state index in [4.69, 9.17) is 28.4 Å². The number of hydrogen-bond donors (Lipinski definition) is 0. The van der Waals surface area contributed by atoms with Gasteiger partial charge in [0.2, 0.25) is 0 Å². The fourth-order valence-corrected chi connectivity index (χ4v) is 7.49. The van der Waals surface area contributed by atoms with E-state index in [0.29, 0.717) is 39.6 Å². The van der Waals surface area contributed by atoms with Gasteiger partial charge in [-0.1, -0.05) is 128 Å². The van der Waals surface area contributed by atoms with Crippen LogP contribution < -0.4 is 28.4 Å². The number of unbranched alkanes of at least 4 members (excludes halogenated alkanes) is 13. The van der Waals surface area contributed by atoms with Gasteiger partial charge >= 0.3 is 0 Å². The van der Waals surface area contributed by atoms with E-state index in [-0.39, 0.29) is 0 Å². The average Bonchev–Trinajstić information content (AvgIpc) is 3.21. The van der Waals surface area contributed by atoms with Gasteiger partial charge in [-0.15, -0.1) is 0 Å². The number of rotatable bonds is 32. The minimum atomic E-state index is 0.653. The monoisotopic (exact) mass is 836 g/mol. The van der Waals surface area contributed by atoms with E-state index < -0.39 is 0 Å². The Kier molecular flexibility index (Phi) is 21.8. The van der Waals surface area contributed by atoms with Gasteiger partial charge in [-0.25, -0.2) is 0 Å². The van der Waals surface area contributed by atoms with Crippen molar-refractivity contribution in [1.29, 1.82) is 0 Å². The summed E-state index contributed by atoms with van der Waals surface area (Å²) in [4.78, 5) is 0. The third kappa shape index (κ3) is 14.1. The summed E-state index contributed by atoms with van der Waals surface area (Å²) in [6.07, 6.45) is 21.0. The van der Waals surface area contributed by atoms with Gasteiger partial charge in [-0.3, -0.25) is 0 Å². The number of halogens is 1. The lowest BCUT2D eigenvalue weighted by atomic mass is 9.93. The van der Waals surface area contributed by atoms with Gasteiger partial charge in [0, 0.05) is 5.33 Å². The Bertz CT molecular complexity index is 1660. The lowest BCUT2D eigenvalue weighted by Crippen LogP contribution is -2.05. The number of alkyl halides is 1. The topological polar surface area (TPSA) is 55.4 Å². The van der Waals surface area contributed by atoms with Crippen molar-refractivity contribution in [2.75, 3.05) is 45.0 Å². The number of hydrogen-bond acceptors (Lipinski definition) is 6. The van der Waals surface area contributed by atoms with Gasteiger partial charge in [-0.05, 0) is 114 Å². The SMILES string of the molecule is CCCCCOc1cc2c3cc(OCCCCC)c(OCCCCC)cc3c3cc(OCCCCCCBr)c(OCCCCC)cc3c2cc1OCCCCC. The molecule has 7 heteroatoms. The second-order valence-corrected chi connectivity index (χ2v) is 16.1. The van der Waals surface area contributed by atoms with E-state index in [0.717, 1.165) is 181 Å². The third-order valence-corrected chi connectivity index (χ3v) is 11.0. The Hall–Kier alpha value is -3.06. The Morgan fingerprint density at radius 1 is 0.286 bits per heavy atom. The number of benzene rings is 4. The molecule has 0 saturated carbocycles. The highest BCUT2D eigenvalue weighted by Gasteiger charge is 2.20. The molecule has 0 aromatic heterocycles. The van der Waals surface area contributed by atoms with Crippen LogP contribution >= 0.6 is 15.9 Å². The zero-order valence-electron chi connectivity index (χ0n) is 35.7. The Labute approximate surface area is 347 Å². The lowest BCUT2D eigenvalue weighted by Gasteiger charge is -2.21. The summed E-state index contributed by atoms with van der Waals surface area (Å²) in [5.41, 5.74) is 0. The molecule has 0 fully saturated rings.